The van der Waals surface area contributed by atoms with Gasteiger partial charge in [0, 0.05) is 30.4 Å². The Labute approximate surface area is 204 Å². The summed E-state index contributed by atoms with van der Waals surface area (Å²) in [5.74, 6) is 0.325. The Balaban J connectivity index is 1.52. The maximum absolute atomic E-state index is 12.9. The average molecular weight is 452 g/mol. The molecule has 2 rings (SSSR count). The van der Waals surface area contributed by atoms with Gasteiger partial charge in [0.15, 0.2) is 5.78 Å². The third kappa shape index (κ3) is 10.8. The fraction of sp³-hybridized carbons (Fsp3) is 0.645. The molecule has 1 aromatic carbocycles. The van der Waals surface area contributed by atoms with Crippen LogP contribution in [0.5, 0.6) is 0 Å². The number of hydrogen-bond donors (Lipinski definition) is 0. The Morgan fingerprint density at radius 2 is 1.18 bits per heavy atom. The number of aryl methyl sites for hydroxylation is 1. The number of ketones is 1. The van der Waals surface area contributed by atoms with Gasteiger partial charge in [0.25, 0.3) is 0 Å². The van der Waals surface area contributed by atoms with Gasteiger partial charge in [0.1, 0.15) is 0 Å². The van der Waals surface area contributed by atoms with E-state index in [1.807, 2.05) is 6.07 Å². The highest BCUT2D eigenvalue weighted by Gasteiger charge is 2.16. The lowest BCUT2D eigenvalue weighted by Crippen LogP contribution is -2.05. The summed E-state index contributed by atoms with van der Waals surface area (Å²) in [5, 5.41) is 0. The van der Waals surface area contributed by atoms with E-state index in [4.69, 9.17) is 0 Å². The summed E-state index contributed by atoms with van der Waals surface area (Å²) < 4.78 is 2.23. The van der Waals surface area contributed by atoms with Crippen LogP contribution in [0.15, 0.2) is 36.5 Å². The predicted octanol–water partition coefficient (Wildman–Crippen LogP) is 9.60. The molecule has 2 aromatic rings. The van der Waals surface area contributed by atoms with Crippen LogP contribution < -0.4 is 0 Å². The fourth-order valence-electron chi connectivity index (χ4n) is 4.97. The van der Waals surface area contributed by atoms with E-state index in [0.29, 0.717) is 12.2 Å². The number of hydrogen-bond acceptors (Lipinski definition) is 1. The first-order valence-corrected chi connectivity index (χ1v) is 13.9. The van der Waals surface area contributed by atoms with Crippen molar-refractivity contribution in [2.45, 2.75) is 130 Å². The van der Waals surface area contributed by atoms with Crippen molar-refractivity contribution in [2.24, 2.45) is 0 Å². The number of carbonyl (C=O) groups excluding carboxylic acids is 1. The van der Waals surface area contributed by atoms with Gasteiger partial charge in [-0.1, -0.05) is 127 Å². The summed E-state index contributed by atoms with van der Waals surface area (Å²) in [4.78, 5) is 12.9. The maximum atomic E-state index is 12.9. The summed E-state index contributed by atoms with van der Waals surface area (Å²) in [6, 6.07) is 10.5. The Hall–Kier alpha value is -1.83. The molecule has 0 atom stereocenters. The lowest BCUT2D eigenvalue weighted by molar-refractivity contribution is 0.0978. The molecule has 0 N–H and O–H groups in total. The summed E-state index contributed by atoms with van der Waals surface area (Å²) >= 11 is 0. The minimum absolute atomic E-state index is 0.325. The highest BCUT2D eigenvalue weighted by Crippen LogP contribution is 2.21. The lowest BCUT2D eigenvalue weighted by atomic mass is 10.0. The smallest absolute Gasteiger partial charge is 0.164 e. The minimum atomic E-state index is 0.325. The standard InChI is InChI=1S/C31H49NO/c1-4-5-6-7-8-9-10-11-12-13-14-15-16-17-21-24-30(33)31-27(2)25-32(28(31)3)26-29-22-19-18-20-23-29/h18-20,22-23,25H,4-17,21,24,26H2,1-3H3. The summed E-state index contributed by atoms with van der Waals surface area (Å²) in [6.45, 7) is 7.29. The molecular formula is C31H49NO. The van der Waals surface area contributed by atoms with Gasteiger partial charge < -0.3 is 4.57 Å². The predicted molar refractivity (Wildman–Crippen MR) is 143 cm³/mol. The molecule has 0 aliphatic heterocycles. The van der Waals surface area contributed by atoms with Crippen LogP contribution in [0.1, 0.15) is 137 Å². The first-order chi connectivity index (χ1) is 16.1. The zero-order valence-corrected chi connectivity index (χ0v) is 21.8. The van der Waals surface area contributed by atoms with Crippen LogP contribution in [-0.4, -0.2) is 10.4 Å². The van der Waals surface area contributed by atoms with Gasteiger partial charge in [-0.05, 0) is 31.4 Å². The fourth-order valence-corrected chi connectivity index (χ4v) is 4.97. The van der Waals surface area contributed by atoms with Gasteiger partial charge in [-0.3, -0.25) is 4.79 Å². The van der Waals surface area contributed by atoms with E-state index in [1.54, 1.807) is 0 Å². The monoisotopic (exact) mass is 451 g/mol. The van der Waals surface area contributed by atoms with Crippen molar-refractivity contribution in [1.82, 2.24) is 4.57 Å². The minimum Gasteiger partial charge on any atom is -0.346 e. The second kappa shape index (κ2) is 16.7. The van der Waals surface area contributed by atoms with E-state index < -0.39 is 0 Å². The summed E-state index contributed by atoms with van der Waals surface area (Å²) in [6.07, 6.45) is 23.2. The van der Waals surface area contributed by atoms with Crippen LogP contribution in [0.25, 0.3) is 0 Å². The van der Waals surface area contributed by atoms with Crippen LogP contribution >= 0.6 is 0 Å². The number of nitrogens with zero attached hydrogens (tertiary/aromatic N) is 1. The molecule has 184 valence electrons. The third-order valence-corrected chi connectivity index (χ3v) is 7.02. The number of Topliss-reactive ketones (excluding diaryl/α,β-unsaturated/α-hetero) is 1. The summed E-state index contributed by atoms with van der Waals surface area (Å²) in [7, 11) is 0. The van der Waals surface area contributed by atoms with Crippen LogP contribution in [0.3, 0.4) is 0 Å². The zero-order chi connectivity index (χ0) is 23.7. The molecular weight excluding hydrogens is 402 g/mol. The molecule has 1 aromatic heterocycles. The first kappa shape index (κ1) is 27.4. The third-order valence-electron chi connectivity index (χ3n) is 7.02. The van der Waals surface area contributed by atoms with E-state index in [-0.39, 0.29) is 0 Å². The van der Waals surface area contributed by atoms with Crippen molar-refractivity contribution < 1.29 is 4.79 Å². The molecule has 0 radical (unpaired) electrons. The van der Waals surface area contributed by atoms with Crippen LogP contribution in [0.4, 0.5) is 0 Å². The lowest BCUT2D eigenvalue weighted by Gasteiger charge is -2.08. The topological polar surface area (TPSA) is 22.0 Å². The zero-order valence-electron chi connectivity index (χ0n) is 21.8. The molecule has 33 heavy (non-hydrogen) atoms. The Morgan fingerprint density at radius 1 is 0.697 bits per heavy atom. The number of benzene rings is 1. The number of aromatic nitrogens is 1. The molecule has 0 saturated carbocycles. The number of unbranched alkanes of at least 4 members (excludes halogenated alkanes) is 14. The highest BCUT2D eigenvalue weighted by atomic mass is 16.1. The number of rotatable bonds is 19. The van der Waals surface area contributed by atoms with Crippen molar-refractivity contribution in [1.29, 1.82) is 0 Å². The molecule has 0 fully saturated rings. The first-order valence-electron chi connectivity index (χ1n) is 13.9. The molecule has 0 spiro atoms. The average Bonchev–Trinajstić information content (AvgIpc) is 3.09. The van der Waals surface area contributed by atoms with Crippen molar-refractivity contribution >= 4 is 5.78 Å². The second-order valence-electron chi connectivity index (χ2n) is 10.0. The molecule has 0 aliphatic rings. The Kier molecular flexibility index (Phi) is 13.9. The largest absolute Gasteiger partial charge is 0.346 e. The molecule has 2 heteroatoms. The van der Waals surface area contributed by atoms with E-state index in [1.165, 1.54) is 95.5 Å². The Bertz CT molecular complexity index is 774. The van der Waals surface area contributed by atoms with Crippen molar-refractivity contribution in [3.8, 4) is 0 Å². The number of carbonyl (C=O) groups is 1. The van der Waals surface area contributed by atoms with E-state index in [2.05, 4.69) is 55.8 Å². The molecule has 0 aliphatic carbocycles. The van der Waals surface area contributed by atoms with Gasteiger partial charge >= 0.3 is 0 Å². The van der Waals surface area contributed by atoms with Gasteiger partial charge in [-0.2, -0.15) is 0 Å². The van der Waals surface area contributed by atoms with Crippen LogP contribution in [0.2, 0.25) is 0 Å². The second-order valence-corrected chi connectivity index (χ2v) is 10.0. The van der Waals surface area contributed by atoms with Gasteiger partial charge in [-0.15, -0.1) is 0 Å². The van der Waals surface area contributed by atoms with Crippen LogP contribution in [0, 0.1) is 13.8 Å². The highest BCUT2D eigenvalue weighted by molar-refractivity contribution is 5.98. The SMILES string of the molecule is CCCCCCCCCCCCCCCCCC(=O)c1c(C)cn(Cc2ccccc2)c1C. The van der Waals surface area contributed by atoms with Crippen LogP contribution in [-0.2, 0) is 6.54 Å². The maximum Gasteiger partial charge on any atom is 0.164 e. The molecule has 0 amide bonds. The van der Waals surface area contributed by atoms with Gasteiger partial charge in [0.05, 0.1) is 0 Å². The molecule has 0 bridgehead atoms. The van der Waals surface area contributed by atoms with Crippen molar-refractivity contribution in [3.63, 3.8) is 0 Å². The van der Waals surface area contributed by atoms with E-state index >= 15 is 0 Å². The van der Waals surface area contributed by atoms with Gasteiger partial charge in [-0.25, -0.2) is 0 Å². The summed E-state index contributed by atoms with van der Waals surface area (Å²) in [5.41, 5.74) is 4.46. The van der Waals surface area contributed by atoms with E-state index in [9.17, 15) is 4.79 Å². The quantitative estimate of drug-likeness (QED) is 0.154. The molecule has 2 nitrogen and oxygen atoms in total. The molecule has 1 heterocycles. The Morgan fingerprint density at radius 3 is 1.70 bits per heavy atom. The molecule has 0 unspecified atom stereocenters. The van der Waals surface area contributed by atoms with E-state index in [0.717, 1.165) is 29.8 Å². The van der Waals surface area contributed by atoms with Crippen molar-refractivity contribution in [3.05, 3.63) is 58.9 Å². The normalized spacial score (nSPS) is 11.2. The van der Waals surface area contributed by atoms with Crippen molar-refractivity contribution in [2.75, 3.05) is 0 Å². The molecule has 0 saturated heterocycles. The van der Waals surface area contributed by atoms with Gasteiger partial charge in [0.2, 0.25) is 0 Å².